The van der Waals surface area contributed by atoms with Crippen LogP contribution in [-0.2, 0) is 22.5 Å². The number of aryl methyl sites for hydroxylation is 1. The quantitative estimate of drug-likeness (QED) is 0.234. The fraction of sp³-hybridized carbons (Fsp3) is 0.214. The van der Waals surface area contributed by atoms with Crippen LogP contribution in [0.2, 0.25) is 0 Å². The molecule has 3 N–H and O–H groups in total. The van der Waals surface area contributed by atoms with E-state index in [1.807, 2.05) is 43.3 Å². The Bertz CT molecular complexity index is 1440. The van der Waals surface area contributed by atoms with Gasteiger partial charge in [-0.25, -0.2) is 9.00 Å². The minimum atomic E-state index is -2.50. The molecule has 37 heavy (non-hydrogen) atoms. The molecule has 2 atom stereocenters. The van der Waals surface area contributed by atoms with E-state index < -0.39 is 23.3 Å². The first kappa shape index (κ1) is 26.1. The number of nitrogens with zero attached hydrogens (tertiary/aromatic N) is 1. The van der Waals surface area contributed by atoms with Crippen molar-refractivity contribution in [2.75, 3.05) is 9.62 Å². The van der Waals surface area contributed by atoms with Crippen molar-refractivity contribution in [3.63, 3.8) is 0 Å². The topological polar surface area (TPSA) is 120 Å². The van der Waals surface area contributed by atoms with Gasteiger partial charge in [-0.1, -0.05) is 63.2 Å². The van der Waals surface area contributed by atoms with Gasteiger partial charge in [-0.3, -0.25) is 13.7 Å². The Hall–Kier alpha value is -3.95. The van der Waals surface area contributed by atoms with Crippen molar-refractivity contribution in [2.45, 2.75) is 33.2 Å². The molecular formula is C28H28N2O6S. The monoisotopic (exact) mass is 520 g/mol. The third-order valence-electron chi connectivity index (χ3n) is 6.16. The highest BCUT2D eigenvalue weighted by molar-refractivity contribution is 7.80. The summed E-state index contributed by atoms with van der Waals surface area (Å²) in [5.74, 6) is -1.58. The number of furan rings is 1. The van der Waals surface area contributed by atoms with Crippen molar-refractivity contribution in [2.24, 2.45) is 5.92 Å². The van der Waals surface area contributed by atoms with Crippen LogP contribution in [0.1, 0.15) is 36.9 Å². The number of carboxylic acid groups (broad SMARTS) is 1. The Kier molecular flexibility index (Phi) is 7.75. The lowest BCUT2D eigenvalue weighted by Crippen LogP contribution is -2.45. The molecule has 192 valence electrons. The van der Waals surface area contributed by atoms with Crippen LogP contribution in [-0.4, -0.2) is 31.8 Å². The highest BCUT2D eigenvalue weighted by Gasteiger charge is 2.32. The molecule has 0 bridgehead atoms. The predicted molar refractivity (Wildman–Crippen MR) is 145 cm³/mol. The van der Waals surface area contributed by atoms with Gasteiger partial charge in [-0.2, -0.15) is 0 Å². The maximum Gasteiger partial charge on any atom is 0.327 e. The van der Waals surface area contributed by atoms with Crippen LogP contribution in [0.3, 0.4) is 0 Å². The molecule has 0 fully saturated rings. The first-order valence-electron chi connectivity index (χ1n) is 11.9. The summed E-state index contributed by atoms with van der Waals surface area (Å²) in [6.45, 7) is 5.35. The summed E-state index contributed by atoms with van der Waals surface area (Å²) in [5.41, 5.74) is 4.16. The molecule has 0 aliphatic heterocycles. The van der Waals surface area contributed by atoms with Crippen LogP contribution >= 0.6 is 0 Å². The van der Waals surface area contributed by atoms with E-state index in [0.29, 0.717) is 29.1 Å². The molecule has 3 aromatic carbocycles. The van der Waals surface area contributed by atoms with E-state index in [-0.39, 0.29) is 11.8 Å². The van der Waals surface area contributed by atoms with Gasteiger partial charge in [0.15, 0.2) is 5.76 Å². The van der Waals surface area contributed by atoms with Crippen molar-refractivity contribution < 1.29 is 27.9 Å². The molecule has 0 saturated carbocycles. The number of nitrogens with one attached hydrogen (secondary N) is 1. The Morgan fingerprint density at radius 3 is 2.11 bits per heavy atom. The number of benzene rings is 3. The van der Waals surface area contributed by atoms with Gasteiger partial charge in [-0.15, -0.1) is 0 Å². The summed E-state index contributed by atoms with van der Waals surface area (Å²) in [4.78, 5) is 24.6. The van der Waals surface area contributed by atoms with Crippen LogP contribution in [0.15, 0.2) is 77.2 Å². The number of hydrogen-bond donors (Lipinski definition) is 3. The standard InChI is InChI=1S/C28H28N2O6S/c1-4-22-23-7-5-6-8-24(23)36-26(22)27(31)29-20-13-9-18(10-14-20)19-11-15-21(16-12-19)30(37(34)35)25(17(2)3)28(32)33/h5-17,25H,4H2,1-3H3,(H,29,31)(H,32,33)(H,34,35). The van der Waals surface area contributed by atoms with Gasteiger partial charge < -0.3 is 14.8 Å². The average molecular weight is 521 g/mol. The summed E-state index contributed by atoms with van der Waals surface area (Å²) in [5, 5.41) is 13.4. The van der Waals surface area contributed by atoms with Gasteiger partial charge in [0, 0.05) is 16.6 Å². The van der Waals surface area contributed by atoms with E-state index in [4.69, 9.17) is 4.42 Å². The molecule has 8 nitrogen and oxygen atoms in total. The van der Waals surface area contributed by atoms with Crippen LogP contribution in [0.25, 0.3) is 22.1 Å². The number of carbonyl (C=O) groups is 2. The zero-order chi connectivity index (χ0) is 26.7. The minimum absolute atomic E-state index is 0.301. The molecule has 4 rings (SSSR count). The summed E-state index contributed by atoms with van der Waals surface area (Å²) in [6, 6.07) is 20.4. The predicted octanol–water partition coefficient (Wildman–Crippen LogP) is 5.97. The van der Waals surface area contributed by atoms with Gasteiger partial charge >= 0.3 is 5.97 Å². The van der Waals surface area contributed by atoms with Crippen LogP contribution < -0.4 is 9.62 Å². The van der Waals surface area contributed by atoms with Gasteiger partial charge in [0.25, 0.3) is 17.2 Å². The van der Waals surface area contributed by atoms with Crippen molar-refractivity contribution in [1.82, 2.24) is 0 Å². The Labute approximate surface area is 217 Å². The van der Waals surface area contributed by atoms with E-state index in [1.54, 1.807) is 50.2 Å². The number of rotatable bonds is 9. The third-order valence-corrected chi connectivity index (χ3v) is 6.94. The molecule has 1 amide bonds. The second kappa shape index (κ2) is 11.0. The maximum absolute atomic E-state index is 12.9. The van der Waals surface area contributed by atoms with Crippen molar-refractivity contribution in [3.8, 4) is 11.1 Å². The second-order valence-corrected chi connectivity index (χ2v) is 9.78. The minimum Gasteiger partial charge on any atom is -0.480 e. The lowest BCUT2D eigenvalue weighted by Gasteiger charge is -2.29. The lowest BCUT2D eigenvalue weighted by molar-refractivity contribution is -0.139. The molecule has 0 aliphatic carbocycles. The van der Waals surface area contributed by atoms with Gasteiger partial charge in [0.05, 0.1) is 5.69 Å². The smallest absolute Gasteiger partial charge is 0.327 e. The highest BCUT2D eigenvalue weighted by Crippen LogP contribution is 2.29. The first-order valence-corrected chi connectivity index (χ1v) is 12.9. The molecular weight excluding hydrogens is 492 g/mol. The second-order valence-electron chi connectivity index (χ2n) is 8.92. The van der Waals surface area contributed by atoms with E-state index in [9.17, 15) is 23.5 Å². The number of anilines is 2. The molecule has 0 saturated heterocycles. The Morgan fingerprint density at radius 2 is 1.57 bits per heavy atom. The number of para-hydroxylation sites is 1. The SMILES string of the molecule is CCc1c(C(=O)Nc2ccc(-c3ccc(N(C(C(=O)O)C(C)C)S(=O)O)cc3)cc2)oc2ccccc12. The van der Waals surface area contributed by atoms with Gasteiger partial charge in [0.2, 0.25) is 0 Å². The molecule has 2 unspecified atom stereocenters. The molecule has 1 aromatic heterocycles. The zero-order valence-corrected chi connectivity index (χ0v) is 21.5. The lowest BCUT2D eigenvalue weighted by atomic mass is 10.0. The van der Waals surface area contributed by atoms with Gasteiger partial charge in [0.1, 0.15) is 11.6 Å². The molecule has 0 radical (unpaired) electrons. The molecule has 1 heterocycles. The first-order chi connectivity index (χ1) is 17.7. The van der Waals surface area contributed by atoms with Crippen LogP contribution in [0.5, 0.6) is 0 Å². The fourth-order valence-electron chi connectivity index (χ4n) is 4.37. The molecule has 0 spiro atoms. The Balaban J connectivity index is 1.52. The van der Waals surface area contributed by atoms with Crippen molar-refractivity contribution in [3.05, 3.63) is 84.1 Å². The summed E-state index contributed by atoms with van der Waals surface area (Å²) >= 11 is -2.50. The van der Waals surface area contributed by atoms with Crippen molar-refractivity contribution >= 4 is 45.5 Å². The molecule has 0 aliphatic rings. The summed E-state index contributed by atoms with van der Waals surface area (Å²) < 4.78 is 28.5. The molecule has 4 aromatic rings. The van der Waals surface area contributed by atoms with E-state index >= 15 is 0 Å². The summed E-state index contributed by atoms with van der Waals surface area (Å²) in [6.07, 6.45) is 0.667. The van der Waals surface area contributed by atoms with E-state index in [1.165, 1.54) is 0 Å². The number of carboxylic acids is 1. The third kappa shape index (κ3) is 5.42. The largest absolute Gasteiger partial charge is 0.480 e. The molecule has 9 heteroatoms. The normalized spacial score (nSPS) is 12.9. The van der Waals surface area contributed by atoms with Gasteiger partial charge in [-0.05, 0) is 53.8 Å². The fourth-order valence-corrected chi connectivity index (χ4v) is 5.20. The Morgan fingerprint density at radius 1 is 0.973 bits per heavy atom. The number of aliphatic carboxylic acids is 1. The average Bonchev–Trinajstić information content (AvgIpc) is 3.26. The van der Waals surface area contributed by atoms with E-state index in [2.05, 4.69) is 5.32 Å². The number of carbonyl (C=O) groups excluding carboxylic acids is 1. The number of hydrogen-bond acceptors (Lipinski definition) is 4. The van der Waals surface area contributed by atoms with Crippen molar-refractivity contribution in [1.29, 1.82) is 0 Å². The number of fused-ring (bicyclic) bond motifs is 1. The van der Waals surface area contributed by atoms with E-state index in [0.717, 1.165) is 26.4 Å². The highest BCUT2D eigenvalue weighted by atomic mass is 32.2. The van der Waals surface area contributed by atoms with Crippen LogP contribution in [0.4, 0.5) is 11.4 Å². The maximum atomic E-state index is 12.9. The summed E-state index contributed by atoms with van der Waals surface area (Å²) in [7, 11) is 0. The zero-order valence-electron chi connectivity index (χ0n) is 20.7. The van der Waals surface area contributed by atoms with Crippen LogP contribution in [0, 0.1) is 5.92 Å². The number of amides is 1.